The minimum Gasteiger partial charge on any atom is -0.334 e. The molecule has 2 rings (SSSR count). The first-order valence-electron chi connectivity index (χ1n) is 6.22. The molecule has 0 amide bonds. The fourth-order valence-corrected chi connectivity index (χ4v) is 2.17. The van der Waals surface area contributed by atoms with Crippen LogP contribution in [0.1, 0.15) is 37.1 Å². The van der Waals surface area contributed by atoms with Gasteiger partial charge in [0.15, 0.2) is 0 Å². The van der Waals surface area contributed by atoms with E-state index in [9.17, 15) is 0 Å². The lowest BCUT2D eigenvalue weighted by Crippen LogP contribution is -2.85. The van der Waals surface area contributed by atoms with E-state index in [1.165, 1.54) is 11.1 Å². The van der Waals surface area contributed by atoms with E-state index >= 15 is 0 Å². The molecule has 0 unspecified atom stereocenters. The molecule has 0 fully saturated rings. The molecule has 0 radical (unpaired) electrons. The molecule has 17 heavy (non-hydrogen) atoms. The second-order valence-electron chi connectivity index (χ2n) is 4.59. The SMILES string of the molecule is C[C@H]([NH2+][C@H](C)c1ccccc1)c1ccccc1. The Balaban J connectivity index is 2.02. The lowest BCUT2D eigenvalue weighted by atomic mass is 10.0. The predicted octanol–water partition coefficient (Wildman–Crippen LogP) is 3.07. The van der Waals surface area contributed by atoms with Crippen LogP contribution < -0.4 is 5.32 Å². The number of nitrogens with two attached hydrogens (primary N) is 1. The third-order valence-electron chi connectivity index (χ3n) is 3.23. The summed E-state index contributed by atoms with van der Waals surface area (Å²) in [5, 5.41) is 2.41. The quantitative estimate of drug-likeness (QED) is 0.825. The lowest BCUT2D eigenvalue weighted by molar-refractivity contribution is -0.728. The number of hydrogen-bond donors (Lipinski definition) is 1. The zero-order chi connectivity index (χ0) is 12.1. The highest BCUT2D eigenvalue weighted by Crippen LogP contribution is 2.11. The normalized spacial score (nSPS) is 14.2. The van der Waals surface area contributed by atoms with E-state index in [-0.39, 0.29) is 0 Å². The maximum atomic E-state index is 2.41. The van der Waals surface area contributed by atoms with Gasteiger partial charge in [-0.3, -0.25) is 0 Å². The minimum absolute atomic E-state index is 0.492. The molecule has 2 atom stereocenters. The maximum absolute atomic E-state index is 2.41. The molecular weight excluding hydrogens is 206 g/mol. The molecule has 0 aliphatic carbocycles. The van der Waals surface area contributed by atoms with Crippen molar-refractivity contribution in [2.45, 2.75) is 25.9 Å². The van der Waals surface area contributed by atoms with Gasteiger partial charge in [0.2, 0.25) is 0 Å². The molecule has 2 N–H and O–H groups in total. The molecule has 88 valence electrons. The van der Waals surface area contributed by atoms with Gasteiger partial charge in [0.1, 0.15) is 12.1 Å². The zero-order valence-corrected chi connectivity index (χ0v) is 10.5. The summed E-state index contributed by atoms with van der Waals surface area (Å²) in [7, 11) is 0. The largest absolute Gasteiger partial charge is 0.334 e. The Kier molecular flexibility index (Phi) is 3.94. The summed E-state index contributed by atoms with van der Waals surface area (Å²) in [4.78, 5) is 0. The predicted molar refractivity (Wildman–Crippen MR) is 71.6 cm³/mol. The van der Waals surface area contributed by atoms with Gasteiger partial charge in [0.25, 0.3) is 0 Å². The van der Waals surface area contributed by atoms with Crippen molar-refractivity contribution in [1.29, 1.82) is 0 Å². The Morgan fingerprint density at radius 1 is 0.647 bits per heavy atom. The summed E-state index contributed by atoms with van der Waals surface area (Å²) in [5.41, 5.74) is 2.77. The Labute approximate surface area is 103 Å². The standard InChI is InChI=1S/C16H19N/c1-13(15-9-5-3-6-10-15)17-14(2)16-11-7-4-8-12-16/h3-14,17H,1-2H3/p+1/t13-,14+. The molecule has 1 nitrogen and oxygen atoms in total. The van der Waals surface area contributed by atoms with Gasteiger partial charge in [-0.25, -0.2) is 0 Å². The van der Waals surface area contributed by atoms with Crippen LogP contribution in [-0.4, -0.2) is 0 Å². The summed E-state index contributed by atoms with van der Waals surface area (Å²) >= 11 is 0. The van der Waals surface area contributed by atoms with Gasteiger partial charge in [-0.15, -0.1) is 0 Å². The summed E-state index contributed by atoms with van der Waals surface area (Å²) < 4.78 is 0. The van der Waals surface area contributed by atoms with Gasteiger partial charge in [-0.2, -0.15) is 0 Å². The van der Waals surface area contributed by atoms with Crippen molar-refractivity contribution in [1.82, 2.24) is 0 Å². The zero-order valence-electron chi connectivity index (χ0n) is 10.5. The first-order valence-corrected chi connectivity index (χ1v) is 6.22. The molecule has 0 bridgehead atoms. The fourth-order valence-electron chi connectivity index (χ4n) is 2.17. The first-order chi connectivity index (χ1) is 8.27. The van der Waals surface area contributed by atoms with Crippen molar-refractivity contribution < 1.29 is 5.32 Å². The Morgan fingerprint density at radius 3 is 1.35 bits per heavy atom. The fraction of sp³-hybridized carbons (Fsp3) is 0.250. The molecule has 0 aromatic heterocycles. The van der Waals surface area contributed by atoms with Crippen molar-refractivity contribution in [3.8, 4) is 0 Å². The van der Waals surface area contributed by atoms with E-state index in [0.29, 0.717) is 12.1 Å². The van der Waals surface area contributed by atoms with E-state index in [0.717, 1.165) is 0 Å². The highest BCUT2D eigenvalue weighted by Gasteiger charge is 2.14. The molecule has 0 saturated carbocycles. The van der Waals surface area contributed by atoms with E-state index in [4.69, 9.17) is 0 Å². The molecule has 0 heterocycles. The maximum Gasteiger partial charge on any atom is 0.109 e. The second-order valence-corrected chi connectivity index (χ2v) is 4.59. The van der Waals surface area contributed by atoms with Crippen LogP contribution in [0.4, 0.5) is 0 Å². The van der Waals surface area contributed by atoms with Crippen LogP contribution in [0.15, 0.2) is 60.7 Å². The van der Waals surface area contributed by atoms with Crippen molar-refractivity contribution >= 4 is 0 Å². The number of quaternary nitrogens is 1. The Morgan fingerprint density at radius 2 is 1.00 bits per heavy atom. The van der Waals surface area contributed by atoms with Crippen LogP contribution in [0.2, 0.25) is 0 Å². The average molecular weight is 226 g/mol. The molecule has 0 aliphatic rings. The molecular formula is C16H20N+. The van der Waals surface area contributed by atoms with Gasteiger partial charge in [0.05, 0.1) is 0 Å². The van der Waals surface area contributed by atoms with Crippen LogP contribution in [0.3, 0.4) is 0 Å². The van der Waals surface area contributed by atoms with Crippen molar-refractivity contribution in [3.05, 3.63) is 71.8 Å². The summed E-state index contributed by atoms with van der Waals surface area (Å²) in [6.45, 7) is 4.52. The highest BCUT2D eigenvalue weighted by molar-refractivity contribution is 5.18. The number of rotatable bonds is 4. The van der Waals surface area contributed by atoms with Gasteiger partial charge >= 0.3 is 0 Å². The second kappa shape index (κ2) is 5.65. The molecule has 0 aliphatic heterocycles. The molecule has 2 aromatic carbocycles. The minimum atomic E-state index is 0.492. The lowest BCUT2D eigenvalue weighted by Gasteiger charge is -2.17. The van der Waals surface area contributed by atoms with Crippen molar-refractivity contribution in [2.75, 3.05) is 0 Å². The smallest absolute Gasteiger partial charge is 0.109 e. The van der Waals surface area contributed by atoms with E-state index in [1.807, 2.05) is 0 Å². The molecule has 2 aromatic rings. The van der Waals surface area contributed by atoms with Gasteiger partial charge in [-0.05, 0) is 13.8 Å². The van der Waals surface area contributed by atoms with Crippen LogP contribution in [0, 0.1) is 0 Å². The van der Waals surface area contributed by atoms with Crippen LogP contribution in [0.5, 0.6) is 0 Å². The Bertz CT molecular complexity index is 392. The average Bonchev–Trinajstić information content (AvgIpc) is 2.40. The van der Waals surface area contributed by atoms with Gasteiger partial charge < -0.3 is 5.32 Å². The third kappa shape index (κ3) is 3.18. The van der Waals surface area contributed by atoms with E-state index in [2.05, 4.69) is 79.8 Å². The summed E-state index contributed by atoms with van der Waals surface area (Å²) in [6, 6.07) is 22.3. The monoisotopic (exact) mass is 226 g/mol. The topological polar surface area (TPSA) is 16.6 Å². The number of hydrogen-bond acceptors (Lipinski definition) is 0. The first kappa shape index (κ1) is 11.9. The van der Waals surface area contributed by atoms with Crippen molar-refractivity contribution in [2.24, 2.45) is 0 Å². The molecule has 1 heteroatoms. The van der Waals surface area contributed by atoms with Crippen molar-refractivity contribution in [3.63, 3.8) is 0 Å². The van der Waals surface area contributed by atoms with Crippen LogP contribution in [0.25, 0.3) is 0 Å². The van der Waals surface area contributed by atoms with E-state index < -0.39 is 0 Å². The molecule has 0 spiro atoms. The van der Waals surface area contributed by atoms with Gasteiger partial charge in [0, 0.05) is 11.1 Å². The number of benzene rings is 2. The van der Waals surface area contributed by atoms with Crippen LogP contribution in [-0.2, 0) is 0 Å². The van der Waals surface area contributed by atoms with Gasteiger partial charge in [-0.1, -0.05) is 60.7 Å². The highest BCUT2D eigenvalue weighted by atomic mass is 14.9. The summed E-state index contributed by atoms with van der Waals surface area (Å²) in [6.07, 6.45) is 0. The third-order valence-corrected chi connectivity index (χ3v) is 3.23. The van der Waals surface area contributed by atoms with Crippen LogP contribution >= 0.6 is 0 Å². The summed E-state index contributed by atoms with van der Waals surface area (Å²) in [5.74, 6) is 0. The Hall–Kier alpha value is -1.60. The van der Waals surface area contributed by atoms with E-state index in [1.54, 1.807) is 0 Å². The molecule has 0 saturated heterocycles.